The first-order chi connectivity index (χ1) is 55.0. The molecule has 0 unspecified atom stereocenters. The predicted octanol–water partition coefficient (Wildman–Crippen LogP) is 9.81. The number of aryl methyl sites for hydroxylation is 2. The molecule has 0 bridgehead atoms. The van der Waals surface area contributed by atoms with Crippen LogP contribution >= 0.6 is 22.7 Å². The molecule has 5 aliphatic rings. The van der Waals surface area contributed by atoms with Gasteiger partial charge in [0.2, 0.25) is 53.4 Å². The van der Waals surface area contributed by atoms with Crippen LogP contribution in [0.15, 0.2) is 41.1 Å². The summed E-state index contributed by atoms with van der Waals surface area (Å²) >= 11 is 3.23. The topological polar surface area (TPSA) is 439 Å². The lowest BCUT2D eigenvalue weighted by molar-refractivity contribution is -0.135. The van der Waals surface area contributed by atoms with E-state index >= 15 is 0 Å². The molecule has 0 aromatic carbocycles. The van der Waals surface area contributed by atoms with Crippen molar-refractivity contribution in [3.05, 3.63) is 119 Å². The highest BCUT2D eigenvalue weighted by Crippen LogP contribution is 2.32. The van der Waals surface area contributed by atoms with Crippen LogP contribution in [0.3, 0.4) is 0 Å². The van der Waals surface area contributed by atoms with Gasteiger partial charge in [0, 0.05) is 147 Å². The first-order valence-electron chi connectivity index (χ1n) is 40.4. The second-order valence-corrected chi connectivity index (χ2v) is 31.2. The Morgan fingerprint density at radius 1 is 0.421 bits per heavy atom. The van der Waals surface area contributed by atoms with Crippen molar-refractivity contribution in [2.24, 2.45) is 13.0 Å². The minimum absolute atomic E-state index is 0.0118. The molecular formula is C80H119N27O5S2. The van der Waals surface area contributed by atoms with E-state index in [0.717, 1.165) is 223 Å². The van der Waals surface area contributed by atoms with Crippen molar-refractivity contribution in [3.63, 3.8) is 0 Å². The molecule has 13 rings (SSSR count). The van der Waals surface area contributed by atoms with E-state index in [2.05, 4.69) is 116 Å². The van der Waals surface area contributed by atoms with E-state index in [1.807, 2.05) is 95.4 Å². The fourth-order valence-electron chi connectivity index (χ4n) is 13.6. The van der Waals surface area contributed by atoms with Gasteiger partial charge < -0.3 is 79.8 Å². The zero-order chi connectivity index (χ0) is 81.8. The van der Waals surface area contributed by atoms with E-state index in [4.69, 9.17) is 28.7 Å². The molecule has 8 aromatic heterocycles. The molecule has 0 aliphatic carbocycles. The number of nitrogens with two attached hydrogens (primary N) is 5. The van der Waals surface area contributed by atoms with E-state index in [0.29, 0.717) is 115 Å². The summed E-state index contributed by atoms with van der Waals surface area (Å²) in [7, 11) is 1.83. The molecule has 5 aliphatic heterocycles. The number of amides is 5. The van der Waals surface area contributed by atoms with Crippen molar-refractivity contribution in [2.45, 2.75) is 211 Å². The Labute approximate surface area is 678 Å². The van der Waals surface area contributed by atoms with Gasteiger partial charge in [0.15, 0.2) is 5.69 Å². The largest absolute Gasteiger partial charge is 0.370 e. The molecule has 0 spiro atoms. The van der Waals surface area contributed by atoms with Crippen LogP contribution in [0.1, 0.15) is 208 Å². The van der Waals surface area contributed by atoms with E-state index in [-0.39, 0.29) is 47.4 Å². The van der Waals surface area contributed by atoms with Crippen LogP contribution in [0.4, 0.5) is 58.8 Å². The molecular weight excluding hydrogens is 1480 g/mol. The molecule has 8 aromatic rings. The normalized spacial score (nSPS) is 13.8. The number of carbonyl (C=O) groups excluding carboxylic acids is 5. The Balaban J connectivity index is 0.000000164. The summed E-state index contributed by atoms with van der Waals surface area (Å²) < 4.78 is 1.71. The van der Waals surface area contributed by atoms with Gasteiger partial charge in [-0.2, -0.15) is 30.0 Å². The minimum atomic E-state index is -0.0768. The van der Waals surface area contributed by atoms with Gasteiger partial charge in [-0.05, 0) is 80.8 Å². The Morgan fingerprint density at radius 3 is 1.09 bits per heavy atom. The number of fused-ring (bicyclic) bond motifs is 5. The quantitative estimate of drug-likeness (QED) is 0.0214. The SMILES string of the molecule is CCCCNc1nc(N)nc2c1CCN(C(=O)Cc1cccs1)C2.CCCCNc1nc(N)nc2c1CCN(C(=O)c1cc(C)n(C)n1)C2.CCCCNc1nc(N)nc2c1CN(C(=O)C(C)C)CC2.CCCCNc1nc(N)nc2c1CN(C(=O)CC)CC2.CCCCNc1nc(N)nc2c1CN(C(=O)Cc1cccs1)CC2. The van der Waals surface area contributed by atoms with E-state index in [1.54, 1.807) is 32.3 Å². The third-order valence-corrected chi connectivity index (χ3v) is 21.9. The lowest BCUT2D eigenvalue weighted by Gasteiger charge is -2.30. The molecule has 114 heavy (non-hydrogen) atoms. The van der Waals surface area contributed by atoms with Crippen LogP contribution in [0.2, 0.25) is 0 Å². The second kappa shape index (κ2) is 43.6. The standard InChI is InChI=1S/C17H25N7O.2C17H23N5OS.C15H25N5O.C14H23N5O/c1-4-5-7-19-15-12-6-8-24(10-14(12)20-17(18)21-15)16(25)13-9-11(2)23(3)22-13;1-2-3-7-19-16-13-11-22(8-6-14(13)20-17(18)21-16)15(23)10-12-5-4-9-24-12;1-2-3-7-19-16-13-6-8-22(11-14(13)20-17(18)21-16)15(23)10-12-5-4-9-24-12;1-4-5-7-17-13-11-9-20(14(21)10(2)3)8-6-12(11)18-15(16)19-13;1-3-5-7-16-13-10-9-19(12(20)4-2)8-6-11(10)17-14(15)18-13/h9H,4-8,10H2,1-3H3,(H3,18,19,20,21);2*4-5,9H,2-3,6-8,10-11H2,1H3,(H3,18,19,20,21);10H,4-9H2,1-3H3,(H3,16,17,18,19);3-9H2,1-2H3,(H3,15,16,17,18). The Hall–Kier alpha value is -10.6. The monoisotopic (exact) mass is 1600 g/mol. The van der Waals surface area contributed by atoms with Crippen LogP contribution in [0, 0.1) is 12.8 Å². The number of nitrogens with one attached hydrogen (secondary N) is 5. The van der Waals surface area contributed by atoms with Crippen molar-refractivity contribution in [2.75, 3.05) is 121 Å². The number of thiophene rings is 2. The molecule has 0 saturated carbocycles. The highest BCUT2D eigenvalue weighted by molar-refractivity contribution is 7.10. The molecule has 616 valence electrons. The lowest BCUT2D eigenvalue weighted by atomic mass is 10.0. The molecule has 5 amide bonds. The summed E-state index contributed by atoms with van der Waals surface area (Å²) in [5.41, 5.74) is 40.3. The highest BCUT2D eigenvalue weighted by atomic mass is 32.1. The number of aromatic nitrogens is 12. The van der Waals surface area contributed by atoms with Gasteiger partial charge in [-0.15, -0.1) is 22.7 Å². The van der Waals surface area contributed by atoms with E-state index in [1.165, 1.54) is 0 Å². The van der Waals surface area contributed by atoms with Gasteiger partial charge in [-0.1, -0.05) is 99.6 Å². The third-order valence-electron chi connectivity index (χ3n) is 20.1. The summed E-state index contributed by atoms with van der Waals surface area (Å²) in [5.74, 6) is 5.96. The first-order valence-corrected chi connectivity index (χ1v) is 42.2. The smallest absolute Gasteiger partial charge is 0.274 e. The van der Waals surface area contributed by atoms with Crippen LogP contribution in [-0.2, 0) is 104 Å². The maximum Gasteiger partial charge on any atom is 0.274 e. The number of hydrogen-bond acceptors (Lipinski definition) is 28. The minimum Gasteiger partial charge on any atom is -0.370 e. The van der Waals surface area contributed by atoms with Gasteiger partial charge in [-0.25, -0.2) is 24.9 Å². The van der Waals surface area contributed by atoms with Gasteiger partial charge in [0.25, 0.3) is 5.91 Å². The first kappa shape index (κ1) is 87.3. The Morgan fingerprint density at radius 2 is 0.746 bits per heavy atom. The van der Waals surface area contributed by atoms with Crippen molar-refractivity contribution >= 4 is 111 Å². The summed E-state index contributed by atoms with van der Waals surface area (Å²) in [6.45, 7) is 28.8. The number of nitrogens with zero attached hydrogens (tertiary/aromatic N) is 17. The number of carbonyl (C=O) groups is 5. The summed E-state index contributed by atoms with van der Waals surface area (Å²) in [5, 5.41) is 25.0. The predicted molar refractivity (Wildman–Crippen MR) is 453 cm³/mol. The lowest BCUT2D eigenvalue weighted by Crippen LogP contribution is -2.39. The summed E-state index contributed by atoms with van der Waals surface area (Å²) in [6, 6.07) is 9.76. The molecule has 32 nitrogen and oxygen atoms in total. The number of anilines is 10. The number of unbranched alkanes of at least 4 members (excludes halogenated alkanes) is 5. The number of nitrogen functional groups attached to an aromatic ring is 5. The average molecular weight is 1600 g/mol. The molecule has 34 heteroatoms. The number of rotatable bonds is 27. The van der Waals surface area contributed by atoms with Gasteiger partial charge in [0.05, 0.1) is 74.0 Å². The second-order valence-electron chi connectivity index (χ2n) is 29.2. The highest BCUT2D eigenvalue weighted by Gasteiger charge is 2.32. The van der Waals surface area contributed by atoms with Crippen molar-refractivity contribution in [1.82, 2.24) is 84.1 Å². The third kappa shape index (κ3) is 24.7. The van der Waals surface area contributed by atoms with E-state index in [9.17, 15) is 24.0 Å². The maximum absolute atomic E-state index is 12.7. The maximum atomic E-state index is 12.7. The fourth-order valence-corrected chi connectivity index (χ4v) is 15.0. The molecule has 0 radical (unpaired) electrons. The Bertz CT molecular complexity index is 4460. The van der Waals surface area contributed by atoms with Crippen LogP contribution in [0.25, 0.3) is 0 Å². The van der Waals surface area contributed by atoms with Crippen LogP contribution in [0.5, 0.6) is 0 Å². The fraction of sp³-hybridized carbons (Fsp3) is 0.550. The zero-order valence-electron chi connectivity index (χ0n) is 68.3. The zero-order valence-corrected chi connectivity index (χ0v) is 69.9. The van der Waals surface area contributed by atoms with E-state index < -0.39 is 0 Å². The molecule has 0 atom stereocenters. The summed E-state index contributed by atoms with van der Waals surface area (Å²) in [6.07, 6.45) is 16.1. The van der Waals surface area contributed by atoms with Crippen molar-refractivity contribution < 1.29 is 24.0 Å². The number of hydrogen-bond donors (Lipinski definition) is 10. The van der Waals surface area contributed by atoms with Crippen LogP contribution < -0.4 is 55.3 Å². The van der Waals surface area contributed by atoms with Gasteiger partial charge >= 0.3 is 0 Å². The van der Waals surface area contributed by atoms with Gasteiger partial charge in [-0.3, -0.25) is 28.7 Å². The van der Waals surface area contributed by atoms with Crippen molar-refractivity contribution in [3.8, 4) is 0 Å². The van der Waals surface area contributed by atoms with Crippen LogP contribution in [-0.4, -0.2) is 179 Å². The average Bonchev–Trinajstić information content (AvgIpc) is 1.36. The van der Waals surface area contributed by atoms with Crippen molar-refractivity contribution in [1.29, 1.82) is 0 Å². The van der Waals surface area contributed by atoms with Gasteiger partial charge in [0.1, 0.15) is 29.1 Å². The summed E-state index contributed by atoms with van der Waals surface area (Å²) in [4.78, 5) is 117. The molecule has 0 fully saturated rings. The molecule has 13 heterocycles. The molecule has 15 N–H and O–H groups in total. The Kier molecular flexibility index (Phi) is 33.4. The molecule has 0 saturated heterocycles.